The average Bonchev–Trinajstić information content (AvgIpc) is 2.40. The predicted octanol–water partition coefficient (Wildman–Crippen LogP) is 2.18. The minimum absolute atomic E-state index is 0.0692. The van der Waals surface area contributed by atoms with Gasteiger partial charge in [-0.3, -0.25) is 10.1 Å². The van der Waals surface area contributed by atoms with Crippen LogP contribution in [0.5, 0.6) is 0 Å². The van der Waals surface area contributed by atoms with Crippen molar-refractivity contribution in [2.75, 3.05) is 17.2 Å². The Morgan fingerprint density at radius 1 is 1.15 bits per heavy atom. The Hall–Kier alpha value is -2.08. The van der Waals surface area contributed by atoms with E-state index < -0.39 is 12.1 Å². The number of anilines is 2. The van der Waals surface area contributed by atoms with Crippen LogP contribution in [0.1, 0.15) is 20.8 Å². The van der Waals surface area contributed by atoms with E-state index in [1.165, 1.54) is 0 Å². The summed E-state index contributed by atoms with van der Waals surface area (Å²) in [6, 6.07) is 6.17. The first kappa shape index (κ1) is 16.0. The van der Waals surface area contributed by atoms with Gasteiger partial charge in [-0.2, -0.15) is 0 Å². The van der Waals surface area contributed by atoms with Gasteiger partial charge in [-0.05, 0) is 37.1 Å². The van der Waals surface area contributed by atoms with Crippen LogP contribution in [-0.2, 0) is 9.53 Å². The van der Waals surface area contributed by atoms with Crippen LogP contribution in [0.4, 0.5) is 16.2 Å². The standard InChI is InChI=1S/C14H21N3O3/c1-4-20-14(19)17-11-7-5-10(6-8-11)16-13(18)12(15)9(2)3/h5-9,12H,4,15H2,1-3H3,(H,16,18)(H,17,19)/t12-/m1/s1. The number of benzene rings is 1. The Morgan fingerprint density at radius 2 is 1.65 bits per heavy atom. The van der Waals surface area contributed by atoms with E-state index in [9.17, 15) is 9.59 Å². The molecule has 4 N–H and O–H groups in total. The number of carbonyl (C=O) groups excluding carboxylic acids is 2. The molecule has 2 amide bonds. The van der Waals surface area contributed by atoms with Gasteiger partial charge in [0, 0.05) is 11.4 Å². The number of rotatable bonds is 5. The van der Waals surface area contributed by atoms with Crippen molar-refractivity contribution in [1.82, 2.24) is 0 Å². The number of hydrogen-bond donors (Lipinski definition) is 3. The lowest BCUT2D eigenvalue weighted by molar-refractivity contribution is -0.118. The summed E-state index contributed by atoms with van der Waals surface area (Å²) < 4.78 is 4.76. The van der Waals surface area contributed by atoms with Gasteiger partial charge in [-0.1, -0.05) is 13.8 Å². The average molecular weight is 279 g/mol. The van der Waals surface area contributed by atoms with Gasteiger partial charge in [0.1, 0.15) is 0 Å². The second-order valence-corrected chi connectivity index (χ2v) is 4.68. The minimum Gasteiger partial charge on any atom is -0.450 e. The highest BCUT2D eigenvalue weighted by Crippen LogP contribution is 2.14. The molecule has 0 spiro atoms. The topological polar surface area (TPSA) is 93.5 Å². The molecule has 1 aromatic rings. The fourth-order valence-corrected chi connectivity index (χ4v) is 1.45. The Morgan fingerprint density at radius 3 is 2.10 bits per heavy atom. The van der Waals surface area contributed by atoms with Crippen molar-refractivity contribution in [2.24, 2.45) is 11.7 Å². The Kier molecular flexibility index (Phi) is 5.99. The monoisotopic (exact) mass is 279 g/mol. The molecule has 0 fully saturated rings. The number of carbonyl (C=O) groups is 2. The summed E-state index contributed by atoms with van der Waals surface area (Å²) in [4.78, 5) is 23.0. The van der Waals surface area contributed by atoms with E-state index in [1.54, 1.807) is 31.2 Å². The first-order valence-electron chi connectivity index (χ1n) is 6.54. The first-order chi connectivity index (χ1) is 9.43. The summed E-state index contributed by atoms with van der Waals surface area (Å²) in [5.41, 5.74) is 6.97. The van der Waals surface area contributed by atoms with E-state index >= 15 is 0 Å². The molecule has 110 valence electrons. The van der Waals surface area contributed by atoms with Gasteiger partial charge in [-0.25, -0.2) is 4.79 Å². The molecule has 0 heterocycles. The third kappa shape index (κ3) is 4.89. The quantitative estimate of drug-likeness (QED) is 0.770. The second-order valence-electron chi connectivity index (χ2n) is 4.68. The molecule has 6 heteroatoms. The molecule has 1 atom stereocenters. The highest BCUT2D eigenvalue weighted by Gasteiger charge is 2.17. The van der Waals surface area contributed by atoms with Crippen molar-refractivity contribution in [3.63, 3.8) is 0 Å². The SMILES string of the molecule is CCOC(=O)Nc1ccc(NC(=O)[C@H](N)C(C)C)cc1. The van der Waals surface area contributed by atoms with Crippen molar-refractivity contribution < 1.29 is 14.3 Å². The van der Waals surface area contributed by atoms with Crippen LogP contribution in [0.25, 0.3) is 0 Å². The molecule has 1 rings (SSSR count). The predicted molar refractivity (Wildman–Crippen MR) is 78.5 cm³/mol. The molecule has 0 aliphatic carbocycles. The van der Waals surface area contributed by atoms with Crippen LogP contribution in [0.3, 0.4) is 0 Å². The zero-order chi connectivity index (χ0) is 15.1. The third-order valence-electron chi connectivity index (χ3n) is 2.70. The van der Waals surface area contributed by atoms with Crippen LogP contribution in [0.15, 0.2) is 24.3 Å². The van der Waals surface area contributed by atoms with Crippen molar-refractivity contribution >= 4 is 23.4 Å². The maximum Gasteiger partial charge on any atom is 0.411 e. The molecule has 0 aliphatic heterocycles. The van der Waals surface area contributed by atoms with Crippen LogP contribution < -0.4 is 16.4 Å². The Bertz CT molecular complexity index is 457. The lowest BCUT2D eigenvalue weighted by Crippen LogP contribution is -2.39. The van der Waals surface area contributed by atoms with Gasteiger partial charge in [0.2, 0.25) is 5.91 Å². The van der Waals surface area contributed by atoms with Crippen molar-refractivity contribution in [1.29, 1.82) is 0 Å². The largest absolute Gasteiger partial charge is 0.450 e. The van der Waals surface area contributed by atoms with E-state index in [2.05, 4.69) is 10.6 Å². The van der Waals surface area contributed by atoms with Crippen LogP contribution >= 0.6 is 0 Å². The highest BCUT2D eigenvalue weighted by atomic mass is 16.5. The molecular weight excluding hydrogens is 258 g/mol. The zero-order valence-corrected chi connectivity index (χ0v) is 12.0. The van der Waals surface area contributed by atoms with Crippen LogP contribution in [0.2, 0.25) is 0 Å². The van der Waals surface area contributed by atoms with Gasteiger partial charge in [-0.15, -0.1) is 0 Å². The Labute approximate surface area is 118 Å². The smallest absolute Gasteiger partial charge is 0.411 e. The molecular formula is C14H21N3O3. The normalized spacial score (nSPS) is 11.8. The van der Waals surface area contributed by atoms with Crippen molar-refractivity contribution in [3.8, 4) is 0 Å². The lowest BCUT2D eigenvalue weighted by atomic mass is 10.0. The Balaban J connectivity index is 2.58. The second kappa shape index (κ2) is 7.49. The maximum atomic E-state index is 11.8. The molecule has 0 saturated carbocycles. The lowest BCUT2D eigenvalue weighted by Gasteiger charge is -2.15. The highest BCUT2D eigenvalue weighted by molar-refractivity contribution is 5.95. The van der Waals surface area contributed by atoms with Crippen LogP contribution in [-0.4, -0.2) is 24.6 Å². The molecule has 20 heavy (non-hydrogen) atoms. The third-order valence-corrected chi connectivity index (χ3v) is 2.70. The van der Waals surface area contributed by atoms with E-state index in [-0.39, 0.29) is 11.8 Å². The molecule has 1 aromatic carbocycles. The van der Waals surface area contributed by atoms with Crippen molar-refractivity contribution in [3.05, 3.63) is 24.3 Å². The number of ether oxygens (including phenoxy) is 1. The number of nitrogens with one attached hydrogen (secondary N) is 2. The summed E-state index contributed by atoms with van der Waals surface area (Å²) in [6.45, 7) is 5.82. The number of amides is 2. The van der Waals surface area contributed by atoms with E-state index in [0.29, 0.717) is 18.0 Å². The molecule has 6 nitrogen and oxygen atoms in total. The fraction of sp³-hybridized carbons (Fsp3) is 0.429. The fourth-order valence-electron chi connectivity index (χ4n) is 1.45. The molecule has 0 aliphatic rings. The van der Waals surface area contributed by atoms with Gasteiger partial charge in [0.05, 0.1) is 12.6 Å². The van der Waals surface area contributed by atoms with E-state index in [0.717, 1.165) is 0 Å². The zero-order valence-electron chi connectivity index (χ0n) is 12.0. The van der Waals surface area contributed by atoms with Gasteiger partial charge >= 0.3 is 6.09 Å². The van der Waals surface area contributed by atoms with E-state index in [1.807, 2.05) is 13.8 Å². The van der Waals surface area contributed by atoms with Crippen LogP contribution in [0, 0.1) is 5.92 Å². The minimum atomic E-state index is -0.549. The summed E-state index contributed by atoms with van der Waals surface area (Å²) >= 11 is 0. The molecule has 0 saturated heterocycles. The summed E-state index contributed by atoms with van der Waals surface area (Å²) in [5.74, 6) is -0.161. The maximum absolute atomic E-state index is 11.8. The number of hydrogen-bond acceptors (Lipinski definition) is 4. The van der Waals surface area contributed by atoms with Crippen molar-refractivity contribution in [2.45, 2.75) is 26.8 Å². The number of nitrogens with two attached hydrogens (primary N) is 1. The molecule has 0 radical (unpaired) electrons. The molecule has 0 unspecified atom stereocenters. The van der Waals surface area contributed by atoms with Gasteiger partial charge in [0.15, 0.2) is 0 Å². The summed E-state index contributed by atoms with van der Waals surface area (Å²) in [7, 11) is 0. The van der Waals surface area contributed by atoms with E-state index in [4.69, 9.17) is 10.5 Å². The first-order valence-corrected chi connectivity index (χ1v) is 6.54. The van der Waals surface area contributed by atoms with Gasteiger partial charge in [0.25, 0.3) is 0 Å². The molecule has 0 bridgehead atoms. The summed E-state index contributed by atoms with van der Waals surface area (Å²) in [5, 5.41) is 5.29. The summed E-state index contributed by atoms with van der Waals surface area (Å²) in [6.07, 6.45) is -0.508. The molecule has 0 aromatic heterocycles. The van der Waals surface area contributed by atoms with Gasteiger partial charge < -0.3 is 15.8 Å².